The molecule has 2 aliphatic rings. The average Bonchev–Trinajstić information content (AvgIpc) is 3.03. The summed E-state index contributed by atoms with van der Waals surface area (Å²) >= 11 is 0. The van der Waals surface area contributed by atoms with Crippen LogP contribution in [-0.2, 0) is 4.74 Å². The van der Waals surface area contributed by atoms with E-state index in [1.165, 1.54) is 0 Å². The van der Waals surface area contributed by atoms with Gasteiger partial charge in [-0.3, -0.25) is 9.78 Å². The molecule has 25 heavy (non-hydrogen) atoms. The zero-order valence-electron chi connectivity index (χ0n) is 14.5. The van der Waals surface area contributed by atoms with Crippen molar-refractivity contribution in [2.75, 3.05) is 33.3 Å². The molecule has 0 spiro atoms. The molecule has 1 amide bonds. The van der Waals surface area contributed by atoms with Crippen molar-refractivity contribution >= 4 is 5.91 Å². The molecule has 2 fully saturated rings. The molecule has 2 saturated heterocycles. The summed E-state index contributed by atoms with van der Waals surface area (Å²) in [7, 11) is 2.08. The van der Waals surface area contributed by atoms with Crippen molar-refractivity contribution in [2.45, 2.75) is 25.5 Å². The van der Waals surface area contributed by atoms with Crippen molar-refractivity contribution in [3.05, 3.63) is 35.7 Å². The largest absolute Gasteiger partial charge is 0.374 e. The molecule has 2 aliphatic heterocycles. The van der Waals surface area contributed by atoms with E-state index in [1.807, 2.05) is 23.1 Å². The number of carbonyl (C=O) groups excluding carboxylic acids is 1. The number of morpholine rings is 1. The predicted octanol–water partition coefficient (Wildman–Crippen LogP) is 1.59. The van der Waals surface area contributed by atoms with Crippen LogP contribution in [0.25, 0.3) is 11.4 Å². The number of aromatic nitrogens is 2. The number of aryl methyl sites for hydroxylation is 1. The smallest absolute Gasteiger partial charge is 0.260 e. The summed E-state index contributed by atoms with van der Waals surface area (Å²) in [5.74, 6) is 0.478. The molecule has 7 nitrogen and oxygen atoms in total. The Morgan fingerprint density at radius 2 is 2.20 bits per heavy atom. The molecule has 4 heterocycles. The highest BCUT2D eigenvalue weighted by molar-refractivity contribution is 6.00. The van der Waals surface area contributed by atoms with Crippen LogP contribution in [0.1, 0.15) is 22.5 Å². The van der Waals surface area contributed by atoms with E-state index in [9.17, 15) is 4.79 Å². The SMILES string of the molecule is Cc1onc(-c2ccccn2)c1C(=O)N1CCO[C@H]2CCN(C)C[C@H]21. The van der Waals surface area contributed by atoms with Gasteiger partial charge in [0.15, 0.2) is 0 Å². The molecule has 4 rings (SSSR count). The van der Waals surface area contributed by atoms with Crippen molar-refractivity contribution in [3.8, 4) is 11.4 Å². The van der Waals surface area contributed by atoms with Gasteiger partial charge in [0.05, 0.1) is 24.4 Å². The normalized spacial score (nSPS) is 24.2. The summed E-state index contributed by atoms with van der Waals surface area (Å²) in [5.41, 5.74) is 1.66. The Bertz CT molecular complexity index is 761. The van der Waals surface area contributed by atoms with E-state index in [2.05, 4.69) is 22.1 Å². The van der Waals surface area contributed by atoms with Crippen LogP contribution in [0.2, 0.25) is 0 Å². The molecule has 0 radical (unpaired) electrons. The minimum absolute atomic E-state index is 0.0481. The van der Waals surface area contributed by atoms with Crippen LogP contribution in [0.4, 0.5) is 0 Å². The first-order chi connectivity index (χ1) is 12.1. The number of ether oxygens (including phenoxy) is 1. The van der Waals surface area contributed by atoms with Crippen LogP contribution >= 0.6 is 0 Å². The molecule has 7 heteroatoms. The number of hydrogen-bond acceptors (Lipinski definition) is 6. The highest BCUT2D eigenvalue weighted by atomic mass is 16.5. The summed E-state index contributed by atoms with van der Waals surface area (Å²) in [4.78, 5) is 21.9. The van der Waals surface area contributed by atoms with Gasteiger partial charge in [-0.1, -0.05) is 11.2 Å². The van der Waals surface area contributed by atoms with E-state index in [0.717, 1.165) is 19.5 Å². The molecule has 2 atom stereocenters. The Morgan fingerprint density at radius 3 is 3.00 bits per heavy atom. The van der Waals surface area contributed by atoms with Gasteiger partial charge < -0.3 is 19.1 Å². The van der Waals surface area contributed by atoms with Crippen LogP contribution in [0.15, 0.2) is 28.9 Å². The van der Waals surface area contributed by atoms with Crippen molar-refractivity contribution in [3.63, 3.8) is 0 Å². The second-order valence-electron chi connectivity index (χ2n) is 6.70. The van der Waals surface area contributed by atoms with E-state index in [-0.39, 0.29) is 18.1 Å². The topological polar surface area (TPSA) is 71.7 Å². The molecule has 0 N–H and O–H groups in total. The number of piperidine rings is 1. The maximum Gasteiger partial charge on any atom is 0.260 e. The summed E-state index contributed by atoms with van der Waals surface area (Å²) in [6, 6.07) is 5.61. The zero-order chi connectivity index (χ0) is 17.4. The fourth-order valence-electron chi connectivity index (χ4n) is 3.73. The number of likely N-dealkylation sites (tertiary alicyclic amines) is 1. The third-order valence-corrected chi connectivity index (χ3v) is 5.03. The fraction of sp³-hybridized carbons (Fsp3) is 0.500. The van der Waals surface area contributed by atoms with E-state index < -0.39 is 0 Å². The number of likely N-dealkylation sites (N-methyl/N-ethyl adjacent to an activating group) is 1. The standard InChI is InChI=1S/C18H22N4O3/c1-12-16(17(20-25-12)13-5-3-4-7-19-13)18(23)22-9-10-24-15-6-8-21(2)11-14(15)22/h3-5,7,14-15H,6,8-11H2,1-2H3/t14-,15+/m1/s1. The second kappa shape index (κ2) is 6.57. The van der Waals surface area contributed by atoms with Crippen LogP contribution in [-0.4, -0.2) is 71.3 Å². The van der Waals surface area contributed by atoms with Crippen LogP contribution in [0, 0.1) is 6.92 Å². The Labute approximate surface area is 146 Å². The minimum Gasteiger partial charge on any atom is -0.374 e. The third kappa shape index (κ3) is 2.94. The van der Waals surface area contributed by atoms with Gasteiger partial charge in [0, 0.05) is 25.8 Å². The monoisotopic (exact) mass is 342 g/mol. The number of hydrogen-bond donors (Lipinski definition) is 0. The predicted molar refractivity (Wildman–Crippen MR) is 91.1 cm³/mol. The van der Waals surface area contributed by atoms with Crippen LogP contribution < -0.4 is 0 Å². The van der Waals surface area contributed by atoms with Gasteiger partial charge in [0.1, 0.15) is 17.0 Å². The number of nitrogens with zero attached hydrogens (tertiary/aromatic N) is 4. The van der Waals surface area contributed by atoms with Gasteiger partial charge in [0.2, 0.25) is 0 Å². The Balaban J connectivity index is 1.68. The minimum atomic E-state index is -0.0481. The van der Waals surface area contributed by atoms with Crippen LogP contribution in [0.3, 0.4) is 0 Å². The maximum absolute atomic E-state index is 13.4. The van der Waals surface area contributed by atoms with Crippen molar-refractivity contribution in [2.24, 2.45) is 0 Å². The van der Waals surface area contributed by atoms with Crippen molar-refractivity contribution in [1.82, 2.24) is 19.9 Å². The average molecular weight is 342 g/mol. The zero-order valence-corrected chi connectivity index (χ0v) is 14.5. The molecule has 0 aliphatic carbocycles. The number of fused-ring (bicyclic) bond motifs is 1. The maximum atomic E-state index is 13.4. The molecular weight excluding hydrogens is 320 g/mol. The molecule has 0 saturated carbocycles. The van der Waals surface area contributed by atoms with E-state index in [1.54, 1.807) is 13.1 Å². The molecular formula is C18H22N4O3. The molecule has 2 aromatic heterocycles. The molecule has 2 aromatic rings. The van der Waals surface area contributed by atoms with E-state index >= 15 is 0 Å². The Kier molecular flexibility index (Phi) is 4.27. The number of rotatable bonds is 2. The van der Waals surface area contributed by atoms with Crippen LogP contribution in [0.5, 0.6) is 0 Å². The Hall–Kier alpha value is -2.25. The fourth-order valence-corrected chi connectivity index (χ4v) is 3.73. The lowest BCUT2D eigenvalue weighted by Gasteiger charge is -2.46. The third-order valence-electron chi connectivity index (χ3n) is 5.03. The van der Waals surface area contributed by atoms with Gasteiger partial charge in [-0.15, -0.1) is 0 Å². The Morgan fingerprint density at radius 1 is 1.32 bits per heavy atom. The molecule has 0 aromatic carbocycles. The lowest BCUT2D eigenvalue weighted by atomic mass is 9.97. The van der Waals surface area contributed by atoms with Crippen molar-refractivity contribution in [1.29, 1.82) is 0 Å². The first-order valence-electron chi connectivity index (χ1n) is 8.64. The first kappa shape index (κ1) is 16.2. The second-order valence-corrected chi connectivity index (χ2v) is 6.70. The summed E-state index contributed by atoms with van der Waals surface area (Å²) < 4.78 is 11.2. The summed E-state index contributed by atoms with van der Waals surface area (Å²) in [6.07, 6.45) is 2.74. The van der Waals surface area contributed by atoms with Gasteiger partial charge in [-0.2, -0.15) is 0 Å². The lowest BCUT2D eigenvalue weighted by Crippen LogP contribution is -2.60. The highest BCUT2D eigenvalue weighted by Crippen LogP contribution is 2.29. The van der Waals surface area contributed by atoms with E-state index in [4.69, 9.17) is 9.26 Å². The lowest BCUT2D eigenvalue weighted by molar-refractivity contribution is -0.0870. The highest BCUT2D eigenvalue weighted by Gasteiger charge is 2.40. The molecule has 0 unspecified atom stereocenters. The summed E-state index contributed by atoms with van der Waals surface area (Å²) in [6.45, 7) is 4.74. The van der Waals surface area contributed by atoms with Gasteiger partial charge >= 0.3 is 0 Å². The number of carbonyl (C=O) groups is 1. The number of pyridine rings is 1. The van der Waals surface area contributed by atoms with E-state index in [0.29, 0.717) is 35.9 Å². The molecule has 0 bridgehead atoms. The van der Waals surface area contributed by atoms with Gasteiger partial charge in [0.25, 0.3) is 5.91 Å². The summed E-state index contributed by atoms with van der Waals surface area (Å²) in [5, 5.41) is 4.09. The van der Waals surface area contributed by atoms with Gasteiger partial charge in [-0.05, 0) is 32.5 Å². The van der Waals surface area contributed by atoms with Gasteiger partial charge in [-0.25, -0.2) is 0 Å². The number of amides is 1. The molecule has 132 valence electrons. The quantitative estimate of drug-likeness (QED) is 0.825. The van der Waals surface area contributed by atoms with Crippen molar-refractivity contribution < 1.29 is 14.1 Å². The first-order valence-corrected chi connectivity index (χ1v) is 8.64.